The number of nitrogens with zero attached hydrogens (tertiary/aromatic N) is 3. The predicted molar refractivity (Wildman–Crippen MR) is 125 cm³/mol. The third-order valence-corrected chi connectivity index (χ3v) is 7.68. The molecule has 2 amide bonds. The number of nitrogens with two attached hydrogens (primary N) is 1. The van der Waals surface area contributed by atoms with E-state index in [1.165, 1.54) is 28.7 Å². The number of fused-ring (bicyclic) bond motifs is 1. The van der Waals surface area contributed by atoms with Crippen LogP contribution in [0.3, 0.4) is 0 Å². The van der Waals surface area contributed by atoms with Gasteiger partial charge in [-0.1, -0.05) is 48.5 Å². The average Bonchev–Trinajstić information content (AvgIpc) is 3.26. The monoisotopic (exact) mass is 455 g/mol. The number of carbonyl (C=O) groups is 2. The maximum atomic E-state index is 12.6. The fraction of sp³-hybridized carbons (Fsp3) is 0.364. The topological polar surface area (TPSA) is 103 Å². The van der Waals surface area contributed by atoms with E-state index in [1.54, 1.807) is 0 Å². The Bertz CT molecular complexity index is 1130. The molecule has 162 valence electrons. The van der Waals surface area contributed by atoms with Crippen LogP contribution in [-0.2, 0) is 24.7 Å². The van der Waals surface area contributed by atoms with Gasteiger partial charge in [0.2, 0.25) is 5.91 Å². The maximum absolute atomic E-state index is 12.6. The molecule has 2 heterocycles. The first-order valence-electron chi connectivity index (χ1n) is 10.2. The highest BCUT2D eigenvalue weighted by Gasteiger charge is 2.27. The average molecular weight is 456 g/mol. The van der Waals surface area contributed by atoms with Gasteiger partial charge in [0.15, 0.2) is 11.0 Å². The van der Waals surface area contributed by atoms with Crippen LogP contribution in [0.15, 0.2) is 29.4 Å². The maximum Gasteiger partial charge on any atom is 0.251 e. The van der Waals surface area contributed by atoms with E-state index in [1.807, 2.05) is 42.8 Å². The zero-order chi connectivity index (χ0) is 22.1. The van der Waals surface area contributed by atoms with Crippen molar-refractivity contribution >= 4 is 39.9 Å². The van der Waals surface area contributed by atoms with Gasteiger partial charge in [-0.2, -0.15) is 0 Å². The minimum atomic E-state index is -0.481. The van der Waals surface area contributed by atoms with Gasteiger partial charge in [0.25, 0.3) is 5.91 Å². The van der Waals surface area contributed by atoms with Crippen molar-refractivity contribution in [3.05, 3.63) is 45.8 Å². The Morgan fingerprint density at radius 3 is 2.74 bits per heavy atom. The van der Waals surface area contributed by atoms with Gasteiger partial charge in [-0.3, -0.25) is 9.59 Å². The molecule has 1 aliphatic rings. The third-order valence-electron chi connectivity index (χ3n) is 5.49. The number of thiophene rings is 1. The summed E-state index contributed by atoms with van der Waals surface area (Å²) >= 11 is 2.78. The summed E-state index contributed by atoms with van der Waals surface area (Å²) in [6.07, 6.45) is 2.78. The molecule has 31 heavy (non-hydrogen) atoms. The Kier molecular flexibility index (Phi) is 6.15. The van der Waals surface area contributed by atoms with Crippen LogP contribution in [0.5, 0.6) is 0 Å². The molecule has 0 fully saturated rings. The van der Waals surface area contributed by atoms with Crippen LogP contribution in [0, 0.1) is 12.8 Å². The summed E-state index contributed by atoms with van der Waals surface area (Å²) in [4.78, 5) is 25.8. The lowest BCUT2D eigenvalue weighted by atomic mass is 9.88. The second-order valence-electron chi connectivity index (χ2n) is 7.99. The van der Waals surface area contributed by atoms with Crippen molar-refractivity contribution in [2.45, 2.75) is 38.3 Å². The van der Waals surface area contributed by atoms with E-state index in [0.717, 1.165) is 41.1 Å². The molecule has 1 aromatic carbocycles. The number of carbonyl (C=O) groups excluding carboxylic acids is 2. The highest BCUT2D eigenvalue weighted by molar-refractivity contribution is 7.99. The van der Waals surface area contributed by atoms with Crippen molar-refractivity contribution in [2.24, 2.45) is 18.7 Å². The van der Waals surface area contributed by atoms with Crippen molar-refractivity contribution in [1.29, 1.82) is 0 Å². The second-order valence-corrected chi connectivity index (χ2v) is 10.0. The second kappa shape index (κ2) is 8.84. The number of anilines is 1. The third kappa shape index (κ3) is 4.52. The van der Waals surface area contributed by atoms with Crippen LogP contribution in [0.4, 0.5) is 5.00 Å². The lowest BCUT2D eigenvalue weighted by Crippen LogP contribution is -2.20. The summed E-state index contributed by atoms with van der Waals surface area (Å²) in [7, 11) is 1.88. The Morgan fingerprint density at radius 1 is 1.29 bits per heavy atom. The number of benzene rings is 1. The Morgan fingerprint density at radius 2 is 2.03 bits per heavy atom. The molecule has 0 saturated carbocycles. The van der Waals surface area contributed by atoms with Gasteiger partial charge in [-0.25, -0.2) is 0 Å². The van der Waals surface area contributed by atoms with Gasteiger partial charge in [0.1, 0.15) is 5.00 Å². The summed E-state index contributed by atoms with van der Waals surface area (Å²) in [5.41, 5.74) is 9.27. The lowest BCUT2D eigenvalue weighted by Gasteiger charge is -2.18. The van der Waals surface area contributed by atoms with Gasteiger partial charge in [0.05, 0.1) is 11.3 Å². The van der Waals surface area contributed by atoms with Crippen molar-refractivity contribution < 1.29 is 9.59 Å². The van der Waals surface area contributed by atoms with Gasteiger partial charge < -0.3 is 15.6 Å². The molecule has 0 radical (unpaired) electrons. The molecule has 0 aliphatic heterocycles. The first kappa shape index (κ1) is 21.6. The summed E-state index contributed by atoms with van der Waals surface area (Å²) in [5.74, 6) is 0.811. The summed E-state index contributed by atoms with van der Waals surface area (Å²) in [6.45, 7) is 4.24. The predicted octanol–water partition coefficient (Wildman–Crippen LogP) is 3.81. The molecule has 9 heteroatoms. The van der Waals surface area contributed by atoms with Gasteiger partial charge >= 0.3 is 0 Å². The Balaban J connectivity index is 1.45. The molecule has 3 aromatic rings. The fourth-order valence-electron chi connectivity index (χ4n) is 3.79. The number of primary amides is 1. The summed E-state index contributed by atoms with van der Waals surface area (Å²) < 4.78 is 1.88. The van der Waals surface area contributed by atoms with Crippen LogP contribution >= 0.6 is 23.1 Å². The number of thioether (sulfide) groups is 1. The van der Waals surface area contributed by atoms with E-state index in [0.29, 0.717) is 21.6 Å². The van der Waals surface area contributed by atoms with Crippen molar-refractivity contribution in [3.8, 4) is 11.4 Å². The molecule has 0 bridgehead atoms. The molecule has 1 unspecified atom stereocenters. The molecule has 0 saturated heterocycles. The van der Waals surface area contributed by atoms with Crippen LogP contribution < -0.4 is 11.1 Å². The van der Waals surface area contributed by atoms with E-state index in [4.69, 9.17) is 5.73 Å². The van der Waals surface area contributed by atoms with Crippen molar-refractivity contribution in [3.63, 3.8) is 0 Å². The first-order chi connectivity index (χ1) is 14.8. The number of aromatic nitrogens is 3. The molecule has 3 N–H and O–H groups in total. The normalized spacial score (nSPS) is 15.5. The minimum Gasteiger partial charge on any atom is -0.365 e. The largest absolute Gasteiger partial charge is 0.365 e. The summed E-state index contributed by atoms with van der Waals surface area (Å²) in [6, 6.07) is 8.07. The van der Waals surface area contributed by atoms with Crippen LogP contribution in [-0.4, -0.2) is 32.3 Å². The fourth-order valence-corrected chi connectivity index (χ4v) is 5.93. The molecular weight excluding hydrogens is 430 g/mol. The van der Waals surface area contributed by atoms with Crippen molar-refractivity contribution in [1.82, 2.24) is 14.8 Å². The SMILES string of the molecule is Cc1ccc(-c2nnc(SCC(=O)Nc3sc4c(c3C(N)=O)CCC(C)C4)n2C)cc1. The highest BCUT2D eigenvalue weighted by atomic mass is 32.2. The molecule has 7 nitrogen and oxygen atoms in total. The number of amides is 2. The summed E-state index contributed by atoms with van der Waals surface area (Å²) in [5, 5.41) is 12.6. The zero-order valence-electron chi connectivity index (χ0n) is 17.8. The minimum absolute atomic E-state index is 0.164. The quantitative estimate of drug-likeness (QED) is 0.550. The molecule has 4 rings (SSSR count). The Labute approximate surface area is 189 Å². The number of hydrogen-bond acceptors (Lipinski definition) is 6. The number of nitrogens with one attached hydrogen (secondary N) is 1. The van der Waals surface area contributed by atoms with Gasteiger partial charge in [-0.05, 0) is 37.7 Å². The Hall–Kier alpha value is -2.65. The number of rotatable bonds is 6. The molecule has 0 spiro atoms. The first-order valence-corrected chi connectivity index (χ1v) is 12.0. The van der Waals surface area contributed by atoms with Crippen LogP contribution in [0.2, 0.25) is 0 Å². The smallest absolute Gasteiger partial charge is 0.251 e. The highest BCUT2D eigenvalue weighted by Crippen LogP contribution is 2.39. The van der Waals surface area contributed by atoms with E-state index in [9.17, 15) is 9.59 Å². The van der Waals surface area contributed by atoms with Crippen LogP contribution in [0.25, 0.3) is 11.4 Å². The number of hydrogen-bond donors (Lipinski definition) is 2. The standard InChI is InChI=1S/C22H25N5O2S2/c1-12-4-7-14(8-5-12)20-25-26-22(27(20)3)30-11-17(28)24-21-18(19(23)29)15-9-6-13(2)10-16(15)31-21/h4-5,7-8,13H,6,9-11H2,1-3H3,(H2,23,29)(H,24,28). The van der Waals surface area contributed by atoms with E-state index >= 15 is 0 Å². The van der Waals surface area contributed by atoms with Crippen LogP contribution in [0.1, 0.15) is 39.7 Å². The van der Waals surface area contributed by atoms with E-state index in [-0.39, 0.29) is 11.7 Å². The molecule has 1 atom stereocenters. The van der Waals surface area contributed by atoms with E-state index in [2.05, 4.69) is 22.4 Å². The molecular formula is C22H25N5O2S2. The van der Waals surface area contributed by atoms with Gasteiger partial charge in [-0.15, -0.1) is 21.5 Å². The van der Waals surface area contributed by atoms with Crippen molar-refractivity contribution in [2.75, 3.05) is 11.1 Å². The number of aryl methyl sites for hydroxylation is 1. The van der Waals surface area contributed by atoms with E-state index < -0.39 is 5.91 Å². The molecule has 1 aliphatic carbocycles. The lowest BCUT2D eigenvalue weighted by molar-refractivity contribution is -0.113. The molecule has 2 aromatic heterocycles. The zero-order valence-corrected chi connectivity index (χ0v) is 19.4. The van der Waals surface area contributed by atoms with Gasteiger partial charge in [0, 0.05) is 17.5 Å².